The van der Waals surface area contributed by atoms with Crippen molar-refractivity contribution in [3.8, 4) is 11.5 Å². The lowest BCUT2D eigenvalue weighted by atomic mass is 9.90. The first-order valence-corrected chi connectivity index (χ1v) is 10.8. The van der Waals surface area contributed by atoms with Crippen molar-refractivity contribution in [1.82, 2.24) is 10.2 Å². The zero-order chi connectivity index (χ0) is 21.2. The van der Waals surface area contributed by atoms with Gasteiger partial charge in [-0.25, -0.2) is 4.39 Å². The summed E-state index contributed by atoms with van der Waals surface area (Å²) in [5.74, 6) is 0.414. The fourth-order valence-electron chi connectivity index (χ4n) is 4.13. The average Bonchev–Trinajstić information content (AvgIpc) is 3.29. The molecule has 4 nitrogen and oxygen atoms in total. The molecule has 4 aromatic rings. The van der Waals surface area contributed by atoms with Crippen molar-refractivity contribution in [3.05, 3.63) is 100 Å². The molecule has 1 aliphatic rings. The van der Waals surface area contributed by atoms with Gasteiger partial charge in [0, 0.05) is 21.8 Å². The van der Waals surface area contributed by atoms with Crippen molar-refractivity contribution >= 4 is 17.3 Å². The standard InChI is InChI=1S/C25H21ClFN3O/c26-21-15-18(27)13-14-20(21)23(25-30-29-24(31-25)17-8-2-1-3-9-17)28-22-12-6-10-16-7-4-5-11-19(16)22/h1-3,6,8-10,12-15,23,28H,4-5,7,11H2/t23-/m0/s1. The third-order valence-electron chi connectivity index (χ3n) is 5.68. The monoisotopic (exact) mass is 433 g/mol. The summed E-state index contributed by atoms with van der Waals surface area (Å²) in [6, 6.07) is 19.7. The molecule has 0 radical (unpaired) electrons. The Morgan fingerprint density at radius 1 is 0.935 bits per heavy atom. The summed E-state index contributed by atoms with van der Waals surface area (Å²) in [5.41, 5.74) is 5.19. The number of aryl methyl sites for hydroxylation is 1. The zero-order valence-electron chi connectivity index (χ0n) is 16.8. The van der Waals surface area contributed by atoms with Gasteiger partial charge in [0.1, 0.15) is 11.9 Å². The van der Waals surface area contributed by atoms with Crippen LogP contribution in [0.3, 0.4) is 0 Å². The summed E-state index contributed by atoms with van der Waals surface area (Å²) in [7, 11) is 0. The SMILES string of the molecule is Fc1ccc([C@H](Nc2cccc3c2CCCC3)c2nnc(-c3ccccc3)o2)c(Cl)c1. The Balaban J connectivity index is 1.57. The van der Waals surface area contributed by atoms with Gasteiger partial charge in [0.15, 0.2) is 0 Å². The first-order valence-electron chi connectivity index (χ1n) is 10.4. The topological polar surface area (TPSA) is 51.0 Å². The molecular weight excluding hydrogens is 413 g/mol. The van der Waals surface area contributed by atoms with Gasteiger partial charge in [-0.1, -0.05) is 48.0 Å². The summed E-state index contributed by atoms with van der Waals surface area (Å²) < 4.78 is 19.8. The Morgan fingerprint density at radius 2 is 1.77 bits per heavy atom. The van der Waals surface area contributed by atoms with Gasteiger partial charge in [0.2, 0.25) is 11.8 Å². The molecular formula is C25H21ClFN3O. The fourth-order valence-corrected chi connectivity index (χ4v) is 4.41. The van der Waals surface area contributed by atoms with Gasteiger partial charge in [-0.15, -0.1) is 10.2 Å². The number of anilines is 1. The third kappa shape index (κ3) is 4.06. The number of nitrogens with one attached hydrogen (secondary N) is 1. The van der Waals surface area contributed by atoms with Crippen LogP contribution in [0.25, 0.3) is 11.5 Å². The van der Waals surface area contributed by atoms with E-state index in [-0.39, 0.29) is 5.82 Å². The maximum atomic E-state index is 13.7. The molecule has 1 atom stereocenters. The van der Waals surface area contributed by atoms with Gasteiger partial charge in [-0.3, -0.25) is 0 Å². The van der Waals surface area contributed by atoms with E-state index >= 15 is 0 Å². The first-order chi connectivity index (χ1) is 15.2. The quantitative estimate of drug-likeness (QED) is 0.384. The van der Waals surface area contributed by atoms with Crippen molar-refractivity contribution in [2.45, 2.75) is 31.7 Å². The molecule has 0 spiro atoms. The highest BCUT2D eigenvalue weighted by Gasteiger charge is 2.25. The fraction of sp³-hybridized carbons (Fsp3) is 0.200. The summed E-state index contributed by atoms with van der Waals surface area (Å²) in [6.07, 6.45) is 4.45. The second kappa shape index (κ2) is 8.52. The molecule has 3 aromatic carbocycles. The normalized spacial score (nSPS) is 14.1. The number of hydrogen-bond acceptors (Lipinski definition) is 4. The predicted molar refractivity (Wildman–Crippen MR) is 120 cm³/mol. The van der Waals surface area contributed by atoms with Crippen LogP contribution in [0.5, 0.6) is 0 Å². The molecule has 1 N–H and O–H groups in total. The molecule has 1 aromatic heterocycles. The van der Waals surface area contributed by atoms with Gasteiger partial charge in [0.05, 0.1) is 0 Å². The van der Waals surface area contributed by atoms with E-state index in [9.17, 15) is 4.39 Å². The molecule has 5 rings (SSSR count). The van der Waals surface area contributed by atoms with Crippen molar-refractivity contribution in [1.29, 1.82) is 0 Å². The van der Waals surface area contributed by atoms with E-state index in [0.717, 1.165) is 30.5 Å². The van der Waals surface area contributed by atoms with E-state index in [2.05, 4.69) is 33.7 Å². The van der Waals surface area contributed by atoms with Crippen molar-refractivity contribution < 1.29 is 8.81 Å². The lowest BCUT2D eigenvalue weighted by Gasteiger charge is -2.24. The zero-order valence-corrected chi connectivity index (χ0v) is 17.6. The Kier molecular flexibility index (Phi) is 5.43. The number of rotatable bonds is 5. The lowest BCUT2D eigenvalue weighted by Crippen LogP contribution is -2.16. The molecule has 1 aliphatic carbocycles. The maximum absolute atomic E-state index is 13.7. The summed E-state index contributed by atoms with van der Waals surface area (Å²) in [5, 5.41) is 12.4. The van der Waals surface area contributed by atoms with Crippen LogP contribution in [-0.4, -0.2) is 10.2 Å². The molecule has 0 aliphatic heterocycles. The number of fused-ring (bicyclic) bond motifs is 1. The molecule has 0 bridgehead atoms. The summed E-state index contributed by atoms with van der Waals surface area (Å²) >= 11 is 6.44. The molecule has 0 saturated carbocycles. The van der Waals surface area contributed by atoms with Crippen LogP contribution in [-0.2, 0) is 12.8 Å². The highest BCUT2D eigenvalue weighted by Crippen LogP contribution is 2.36. The highest BCUT2D eigenvalue weighted by atomic mass is 35.5. The van der Waals surface area contributed by atoms with E-state index < -0.39 is 6.04 Å². The van der Waals surface area contributed by atoms with E-state index in [0.29, 0.717) is 22.4 Å². The molecule has 0 saturated heterocycles. The molecule has 6 heteroatoms. The van der Waals surface area contributed by atoms with Crippen LogP contribution in [0, 0.1) is 5.82 Å². The first kappa shape index (κ1) is 19.8. The molecule has 31 heavy (non-hydrogen) atoms. The van der Waals surface area contributed by atoms with Gasteiger partial charge < -0.3 is 9.73 Å². The number of nitrogens with zero attached hydrogens (tertiary/aromatic N) is 2. The molecule has 0 amide bonds. The molecule has 156 valence electrons. The average molecular weight is 434 g/mol. The van der Waals surface area contributed by atoms with Crippen molar-refractivity contribution in [2.75, 3.05) is 5.32 Å². The van der Waals surface area contributed by atoms with E-state index in [1.54, 1.807) is 6.07 Å². The molecule has 0 unspecified atom stereocenters. The van der Waals surface area contributed by atoms with Gasteiger partial charge in [-0.05, 0) is 67.1 Å². The smallest absolute Gasteiger partial charge is 0.247 e. The van der Waals surface area contributed by atoms with Gasteiger partial charge >= 0.3 is 0 Å². The van der Waals surface area contributed by atoms with Gasteiger partial charge in [0.25, 0.3) is 0 Å². The highest BCUT2D eigenvalue weighted by molar-refractivity contribution is 6.31. The van der Waals surface area contributed by atoms with Gasteiger partial charge in [-0.2, -0.15) is 0 Å². The number of aromatic nitrogens is 2. The second-order valence-electron chi connectivity index (χ2n) is 7.71. The Hall–Kier alpha value is -3.18. The minimum atomic E-state index is -0.508. The van der Waals surface area contributed by atoms with Crippen LogP contribution in [0.1, 0.15) is 41.5 Å². The van der Waals surface area contributed by atoms with Crippen LogP contribution in [0.15, 0.2) is 71.1 Å². The van der Waals surface area contributed by atoms with E-state index in [1.807, 2.05) is 30.3 Å². The summed E-state index contributed by atoms with van der Waals surface area (Å²) in [4.78, 5) is 0. The van der Waals surface area contributed by atoms with E-state index in [4.69, 9.17) is 16.0 Å². The molecule has 0 fully saturated rings. The maximum Gasteiger partial charge on any atom is 0.247 e. The predicted octanol–water partition coefficient (Wildman–Crippen LogP) is 6.61. The minimum Gasteiger partial charge on any atom is -0.418 e. The van der Waals surface area contributed by atoms with Crippen molar-refractivity contribution in [3.63, 3.8) is 0 Å². The number of halogens is 2. The second-order valence-corrected chi connectivity index (χ2v) is 8.11. The minimum absolute atomic E-state index is 0.307. The largest absolute Gasteiger partial charge is 0.418 e. The Bertz CT molecular complexity index is 1210. The Labute approximate surface area is 185 Å². The summed E-state index contributed by atoms with van der Waals surface area (Å²) in [6.45, 7) is 0. The van der Waals surface area contributed by atoms with E-state index in [1.165, 1.54) is 29.7 Å². The third-order valence-corrected chi connectivity index (χ3v) is 6.00. The number of hydrogen-bond donors (Lipinski definition) is 1. The number of benzene rings is 3. The van der Waals surface area contributed by atoms with Crippen molar-refractivity contribution in [2.24, 2.45) is 0 Å². The van der Waals surface area contributed by atoms with Crippen LogP contribution in [0.4, 0.5) is 10.1 Å². The van der Waals surface area contributed by atoms with Crippen LogP contribution in [0.2, 0.25) is 5.02 Å². The van der Waals surface area contributed by atoms with Crippen LogP contribution >= 0.6 is 11.6 Å². The Morgan fingerprint density at radius 3 is 2.61 bits per heavy atom. The lowest BCUT2D eigenvalue weighted by molar-refractivity contribution is 0.493. The molecule has 1 heterocycles. The van der Waals surface area contributed by atoms with Crippen LogP contribution < -0.4 is 5.32 Å².